The number of aryl methyl sites for hydroxylation is 1. The first-order chi connectivity index (χ1) is 11.8. The van der Waals surface area contributed by atoms with Crippen LogP contribution in [0, 0.1) is 27.2 Å². The Morgan fingerprint density at radius 1 is 1.12 bits per heavy atom. The van der Waals surface area contributed by atoms with Crippen LogP contribution in [0.2, 0.25) is 0 Å². The van der Waals surface area contributed by atoms with Gasteiger partial charge in [0.25, 0.3) is 11.4 Å². The molecule has 2 aromatic rings. The zero-order chi connectivity index (χ0) is 18.1. The van der Waals surface area contributed by atoms with Crippen LogP contribution in [-0.4, -0.2) is 21.7 Å². The first kappa shape index (κ1) is 16.1. The van der Waals surface area contributed by atoms with Crippen molar-refractivity contribution < 1.29 is 23.8 Å². The van der Waals surface area contributed by atoms with Gasteiger partial charge >= 0.3 is 5.97 Å². The lowest BCUT2D eigenvalue weighted by atomic mass is 10.1. The highest BCUT2D eigenvalue weighted by atomic mass is 16.6. The van der Waals surface area contributed by atoms with Gasteiger partial charge in [-0.25, -0.2) is 9.79 Å². The number of furan rings is 1. The molecule has 1 aliphatic heterocycles. The quantitative estimate of drug-likeness (QED) is 0.360. The number of rotatable bonds is 4. The molecule has 0 aliphatic carbocycles. The number of hydrogen-bond donors (Lipinski definition) is 0. The highest BCUT2D eigenvalue weighted by Crippen LogP contribution is 2.28. The first-order valence-electron chi connectivity index (χ1n) is 6.87. The Morgan fingerprint density at radius 3 is 2.48 bits per heavy atom. The van der Waals surface area contributed by atoms with Gasteiger partial charge in [-0.1, -0.05) is 0 Å². The van der Waals surface area contributed by atoms with Crippen molar-refractivity contribution in [2.24, 2.45) is 4.99 Å². The van der Waals surface area contributed by atoms with Gasteiger partial charge in [0.15, 0.2) is 5.70 Å². The third-order valence-corrected chi connectivity index (χ3v) is 3.28. The summed E-state index contributed by atoms with van der Waals surface area (Å²) in [5.74, 6) is -0.112. The monoisotopic (exact) mass is 343 g/mol. The predicted molar refractivity (Wildman–Crippen MR) is 83.8 cm³/mol. The second kappa shape index (κ2) is 6.00. The van der Waals surface area contributed by atoms with Crippen LogP contribution in [0.25, 0.3) is 6.08 Å². The molecule has 25 heavy (non-hydrogen) atoms. The fourth-order valence-electron chi connectivity index (χ4n) is 2.16. The average molecular weight is 343 g/mol. The second-order valence-corrected chi connectivity index (χ2v) is 5.00. The molecule has 0 fully saturated rings. The number of nitro benzene ring substituents is 2. The van der Waals surface area contributed by atoms with E-state index >= 15 is 0 Å². The van der Waals surface area contributed by atoms with Crippen molar-refractivity contribution in [3.8, 4) is 0 Å². The van der Waals surface area contributed by atoms with Crippen LogP contribution >= 0.6 is 0 Å². The van der Waals surface area contributed by atoms with E-state index in [1.54, 1.807) is 19.1 Å². The highest BCUT2D eigenvalue weighted by Gasteiger charge is 2.31. The van der Waals surface area contributed by atoms with Crippen molar-refractivity contribution in [2.45, 2.75) is 6.92 Å². The van der Waals surface area contributed by atoms with Crippen molar-refractivity contribution >= 4 is 29.3 Å². The molecule has 0 saturated carbocycles. The Bertz CT molecular complexity index is 971. The number of carbonyl (C=O) groups is 1. The lowest BCUT2D eigenvalue weighted by molar-refractivity contribution is -0.394. The Kier molecular flexibility index (Phi) is 3.85. The molecule has 0 saturated heterocycles. The largest absolute Gasteiger partial charge is 0.462 e. The Balaban J connectivity index is 2.03. The van der Waals surface area contributed by atoms with Gasteiger partial charge in [-0.3, -0.25) is 20.2 Å². The molecule has 0 N–H and O–H groups in total. The minimum absolute atomic E-state index is 0.1000. The van der Waals surface area contributed by atoms with Gasteiger partial charge in [0, 0.05) is 12.1 Å². The molecular weight excluding hydrogens is 334 g/mol. The van der Waals surface area contributed by atoms with Crippen LogP contribution in [0.3, 0.4) is 0 Å². The molecule has 0 amide bonds. The van der Waals surface area contributed by atoms with E-state index < -0.39 is 27.2 Å². The summed E-state index contributed by atoms with van der Waals surface area (Å²) in [7, 11) is 0. The van der Waals surface area contributed by atoms with Gasteiger partial charge < -0.3 is 9.15 Å². The number of nitro groups is 2. The molecule has 0 radical (unpaired) electrons. The summed E-state index contributed by atoms with van der Waals surface area (Å²) in [4.78, 5) is 36.2. The van der Waals surface area contributed by atoms with Crippen molar-refractivity contribution in [1.82, 2.24) is 0 Å². The number of cyclic esters (lactones) is 1. The van der Waals surface area contributed by atoms with Gasteiger partial charge in [0.2, 0.25) is 5.90 Å². The van der Waals surface area contributed by atoms with E-state index in [-0.39, 0.29) is 17.2 Å². The minimum atomic E-state index is -0.809. The summed E-state index contributed by atoms with van der Waals surface area (Å²) in [6.07, 6.45) is 1.33. The number of carbonyl (C=O) groups excluding carboxylic acids is 1. The number of aliphatic imine (C=N–C) groups is 1. The van der Waals surface area contributed by atoms with Gasteiger partial charge in [-0.05, 0) is 25.1 Å². The number of non-ortho nitro benzene ring substituents is 1. The highest BCUT2D eigenvalue weighted by molar-refractivity contribution is 6.14. The molecule has 1 aromatic carbocycles. The van der Waals surface area contributed by atoms with Crippen LogP contribution in [0.4, 0.5) is 11.4 Å². The number of benzene rings is 1. The zero-order valence-electron chi connectivity index (χ0n) is 12.7. The minimum Gasteiger partial charge on any atom is -0.462 e. The normalized spacial score (nSPS) is 15.2. The van der Waals surface area contributed by atoms with Crippen molar-refractivity contribution in [3.63, 3.8) is 0 Å². The van der Waals surface area contributed by atoms with E-state index in [0.29, 0.717) is 11.5 Å². The molecule has 0 unspecified atom stereocenters. The van der Waals surface area contributed by atoms with E-state index in [1.165, 1.54) is 6.08 Å². The molecule has 10 heteroatoms. The molecule has 1 aliphatic rings. The van der Waals surface area contributed by atoms with Crippen molar-refractivity contribution in [3.05, 3.63) is 73.3 Å². The van der Waals surface area contributed by atoms with E-state index in [1.807, 2.05) is 0 Å². The van der Waals surface area contributed by atoms with Crippen LogP contribution in [0.5, 0.6) is 0 Å². The third-order valence-electron chi connectivity index (χ3n) is 3.28. The van der Waals surface area contributed by atoms with Gasteiger partial charge in [0.05, 0.1) is 15.9 Å². The van der Waals surface area contributed by atoms with Crippen LogP contribution in [0.1, 0.15) is 17.1 Å². The van der Waals surface area contributed by atoms with Gasteiger partial charge in [0.1, 0.15) is 17.1 Å². The first-order valence-corrected chi connectivity index (χ1v) is 6.87. The number of nitrogens with zero attached hydrogens (tertiary/aromatic N) is 3. The molecule has 0 bridgehead atoms. The third kappa shape index (κ3) is 3.13. The maximum atomic E-state index is 11.9. The van der Waals surface area contributed by atoms with Gasteiger partial charge in [-0.15, -0.1) is 0 Å². The van der Waals surface area contributed by atoms with Crippen molar-refractivity contribution in [1.29, 1.82) is 0 Å². The Hall–Kier alpha value is -3.82. The summed E-state index contributed by atoms with van der Waals surface area (Å²) in [6.45, 7) is 1.73. The molecule has 1 aromatic heterocycles. The Morgan fingerprint density at radius 2 is 1.88 bits per heavy atom. The predicted octanol–water partition coefficient (Wildman–Crippen LogP) is 2.75. The standard InChI is InChI=1S/C15H9N3O7/c1-8-2-4-10(24-8)7-12-15(19)25-14(16-12)11-5-3-9(17(20)21)6-13(11)18(22)23/h2-7H,1H3. The smallest absolute Gasteiger partial charge is 0.363 e. The number of hydrogen-bond acceptors (Lipinski definition) is 8. The average Bonchev–Trinajstić information content (AvgIpc) is 3.13. The number of ether oxygens (including phenoxy) is 1. The zero-order valence-corrected chi connectivity index (χ0v) is 12.7. The van der Waals surface area contributed by atoms with Crippen LogP contribution < -0.4 is 0 Å². The number of esters is 1. The summed E-state index contributed by atoms with van der Waals surface area (Å²) >= 11 is 0. The maximum Gasteiger partial charge on any atom is 0.363 e. The molecule has 0 atom stereocenters. The lowest BCUT2D eigenvalue weighted by Crippen LogP contribution is -2.08. The van der Waals surface area contributed by atoms with E-state index in [9.17, 15) is 25.0 Å². The van der Waals surface area contributed by atoms with E-state index in [0.717, 1.165) is 18.2 Å². The SMILES string of the molecule is Cc1ccc(C=C2N=C(c3ccc([N+](=O)[O-])cc3[N+](=O)[O-])OC2=O)o1. The molecule has 3 rings (SSSR count). The van der Waals surface area contributed by atoms with E-state index in [4.69, 9.17) is 9.15 Å². The fraction of sp³-hybridized carbons (Fsp3) is 0.0667. The van der Waals surface area contributed by atoms with Crippen molar-refractivity contribution in [2.75, 3.05) is 0 Å². The summed E-state index contributed by atoms with van der Waals surface area (Å²) in [5, 5.41) is 21.9. The molecule has 10 nitrogen and oxygen atoms in total. The second-order valence-electron chi connectivity index (χ2n) is 5.00. The summed E-state index contributed by atoms with van der Waals surface area (Å²) in [6, 6.07) is 6.28. The molecular formula is C15H9N3O7. The van der Waals surface area contributed by atoms with Crippen LogP contribution in [0.15, 0.2) is 45.4 Å². The maximum absolute atomic E-state index is 11.9. The molecule has 0 spiro atoms. The summed E-state index contributed by atoms with van der Waals surface area (Å²) in [5.41, 5.74) is -1.28. The Labute approximate surface area is 139 Å². The fourth-order valence-corrected chi connectivity index (χ4v) is 2.16. The molecule has 126 valence electrons. The summed E-state index contributed by atoms with van der Waals surface area (Å²) < 4.78 is 10.3. The van der Waals surface area contributed by atoms with Crippen LogP contribution in [-0.2, 0) is 9.53 Å². The molecule has 2 heterocycles. The van der Waals surface area contributed by atoms with E-state index in [2.05, 4.69) is 4.99 Å². The van der Waals surface area contributed by atoms with Gasteiger partial charge in [-0.2, -0.15) is 0 Å². The lowest BCUT2D eigenvalue weighted by Gasteiger charge is -2.01. The topological polar surface area (TPSA) is 138 Å².